The Labute approximate surface area is 609 Å². The fraction of sp³-hybridized carbons (Fsp3) is 0.840. The number of Topliss-reactive ketones (excluding diaryl/α,β-unsaturated/α-hetero) is 4. The molecule has 0 aliphatic carbocycles. The molecule has 0 fully saturated rings. The van der Waals surface area contributed by atoms with Gasteiger partial charge in [0.25, 0.3) is 0 Å². The molecular weight excluding hydrogens is 1510 g/mol. The first kappa shape index (κ1) is 112. The monoisotopic (exact) mass is 1620 g/mol. The van der Waals surface area contributed by atoms with Crippen molar-refractivity contribution in [2.75, 3.05) is 28.2 Å². The van der Waals surface area contributed by atoms with Crippen molar-refractivity contribution >= 4 is 157 Å². The molecule has 0 amide bonds. The molecule has 17 atom stereocenters. The van der Waals surface area contributed by atoms with E-state index in [-0.39, 0.29) is 223 Å². The maximum Gasteiger partial charge on any atom is 0.132 e. The van der Waals surface area contributed by atoms with Gasteiger partial charge in [0.2, 0.25) is 0 Å². The number of nitrogens with zero attached hydrogens (tertiary/aromatic N) is 4. The van der Waals surface area contributed by atoms with Gasteiger partial charge in [-0.2, -0.15) is 39.6 Å². The predicted molar refractivity (Wildman–Crippen MR) is 366 cm³/mol. The Balaban J connectivity index is -0.0000000721. The van der Waals surface area contributed by atoms with Crippen LogP contribution in [0, 0.1) is 22.7 Å². The maximum absolute atomic E-state index is 12.0. The van der Waals surface area contributed by atoms with Gasteiger partial charge in [-0.15, -0.1) is 0 Å². The van der Waals surface area contributed by atoms with Crippen molar-refractivity contribution in [2.24, 2.45) is 22.7 Å². The smallest absolute Gasteiger partial charge is 0.132 e. The second-order valence-electron chi connectivity index (χ2n) is 18.8. The van der Waals surface area contributed by atoms with Gasteiger partial charge in [-0.1, -0.05) is 180 Å². The van der Waals surface area contributed by atoms with Gasteiger partial charge in [-0.05, 0) is 136 Å². The van der Waals surface area contributed by atoms with Crippen molar-refractivity contribution in [1.29, 1.82) is 0 Å². The van der Waals surface area contributed by atoms with Crippen LogP contribution in [0.3, 0.4) is 0 Å². The van der Waals surface area contributed by atoms with Crippen LogP contribution in [-0.4, -0.2) is 119 Å². The summed E-state index contributed by atoms with van der Waals surface area (Å²) in [6, 6.07) is -1.52. The van der Waals surface area contributed by atoms with Crippen LogP contribution in [0.15, 0.2) is 0 Å². The van der Waals surface area contributed by atoms with Crippen LogP contribution in [0.4, 0.5) is 0 Å². The van der Waals surface area contributed by atoms with E-state index in [2.05, 4.69) is 105 Å². The van der Waals surface area contributed by atoms with Crippen LogP contribution in [0.2, 0.25) is 0 Å². The molecular formula is C50H112N4O8P12Y4-4. The zero-order valence-corrected chi connectivity index (χ0v) is 76.7. The first-order valence-corrected chi connectivity index (χ1v) is 36.4. The summed E-state index contributed by atoms with van der Waals surface area (Å²) >= 11 is 0. The molecule has 28 heteroatoms. The van der Waals surface area contributed by atoms with Gasteiger partial charge in [0.1, 0.15) is 23.1 Å². The molecule has 4 radical (unpaired) electrons. The van der Waals surface area contributed by atoms with Gasteiger partial charge in [0, 0.05) is 157 Å². The zero-order valence-electron chi connectivity index (χ0n) is 51.1. The van der Waals surface area contributed by atoms with E-state index in [9.17, 15) is 38.4 Å². The van der Waals surface area contributed by atoms with Crippen molar-refractivity contribution in [3.05, 3.63) is 0 Å². The Morgan fingerprint density at radius 3 is 0.910 bits per heavy atom. The minimum Gasteiger partial charge on any atom is -0.540 e. The quantitative estimate of drug-likeness (QED) is 0.0424. The molecule has 0 aromatic rings. The molecule has 0 aliphatic rings. The summed E-state index contributed by atoms with van der Waals surface area (Å²) in [5, 5.41) is 0. The Bertz CT molecular complexity index is 1440. The van der Waals surface area contributed by atoms with Gasteiger partial charge in [-0.3, -0.25) is 19.2 Å². The largest absolute Gasteiger partial charge is 0.540 e. The third kappa shape index (κ3) is 57.9. The van der Waals surface area contributed by atoms with Crippen molar-refractivity contribution in [1.82, 2.24) is 18.7 Å². The van der Waals surface area contributed by atoms with E-state index < -0.39 is 0 Å². The number of ketones is 4. The molecule has 0 saturated carbocycles. The van der Waals surface area contributed by atoms with Crippen LogP contribution < -0.4 is 0 Å². The Morgan fingerprint density at radius 2 is 0.692 bits per heavy atom. The molecule has 0 N–H and O–H groups in total. The summed E-state index contributed by atoms with van der Waals surface area (Å²) in [5.74, 6) is 1.93. The number of hydrogen-bond donors (Lipinski definition) is 0. The van der Waals surface area contributed by atoms with E-state index in [4.69, 9.17) is 0 Å². The summed E-state index contributed by atoms with van der Waals surface area (Å²) in [6.45, 7) is 21.7. The van der Waals surface area contributed by atoms with Crippen LogP contribution in [0.25, 0.3) is 0 Å². The molecule has 0 rings (SSSR count). The second-order valence-corrected chi connectivity index (χ2v) is 25.8. The third-order valence-electron chi connectivity index (χ3n) is 14.4. The second kappa shape index (κ2) is 72.8. The standard InChI is InChI=1S/C14H28NO2P2.C13H26NO2P2.C12H24NO2P2.C11H22NO2P2.4H3P.4Y/c1-5-14(6-2,7-3)9-8-13(17)10-12(11-16)15(4)19-18;1-5-13(3,6-2)8-7-12(16)9-11(10-15)14(4)18-17;1-4-10(5-2)6-7-12(15)8-11(9-14)13(3)17-16;1-4-9(2)5-6-11(14)7-10(8-13)12(3)16-15;;;;;;;;/h12,19H,5-10,18H2,1-4H3;11,18H,5-9,17H2,1-4H3;10-11,17H,4-8,16H2,1-3H3;9-10,16H,4-7,15H2,1-3H3;4*1H3;;;;/q4*-1;;;;;;;;. The molecule has 12 nitrogen and oxygen atoms in total. The van der Waals surface area contributed by atoms with E-state index in [0.717, 1.165) is 77.0 Å². The molecule has 17 unspecified atom stereocenters. The average molecular weight is 1620 g/mol. The summed E-state index contributed by atoms with van der Waals surface area (Å²) < 4.78 is 7.42. The zero-order chi connectivity index (χ0) is 54.9. The Hall–Kier alpha value is 6.78. The van der Waals surface area contributed by atoms with Gasteiger partial charge >= 0.3 is 0 Å². The molecule has 0 bridgehead atoms. The predicted octanol–water partition coefficient (Wildman–Crippen LogP) is 12.8. The van der Waals surface area contributed by atoms with Crippen molar-refractivity contribution < 1.29 is 169 Å². The van der Waals surface area contributed by atoms with E-state index in [1.807, 2.05) is 72.0 Å². The van der Waals surface area contributed by atoms with E-state index >= 15 is 0 Å². The summed E-state index contributed by atoms with van der Waals surface area (Å²) in [5.41, 5.74) is 0.550. The van der Waals surface area contributed by atoms with Crippen molar-refractivity contribution in [3.8, 4) is 0 Å². The summed E-state index contributed by atoms with van der Waals surface area (Å²) in [6.07, 6.45) is 24.0. The minimum absolute atomic E-state index is 0. The third-order valence-corrected chi connectivity index (χ3v) is 22.2. The Kier molecular flexibility index (Phi) is 105. The molecule has 0 spiro atoms. The maximum atomic E-state index is 12.0. The van der Waals surface area contributed by atoms with Crippen molar-refractivity contribution in [2.45, 2.75) is 222 Å². The number of carbonyl (C=O) groups is 4. The van der Waals surface area contributed by atoms with E-state index in [1.165, 1.54) is 0 Å². The molecule has 0 saturated heterocycles. The molecule has 0 aromatic carbocycles. The van der Waals surface area contributed by atoms with Crippen LogP contribution in [0.1, 0.15) is 198 Å². The molecule has 0 aliphatic heterocycles. The van der Waals surface area contributed by atoms with Crippen molar-refractivity contribution in [3.63, 3.8) is 0 Å². The molecule has 0 heterocycles. The first-order chi connectivity index (χ1) is 33.0. The van der Waals surface area contributed by atoms with E-state index in [0.29, 0.717) is 102 Å². The number of rotatable bonds is 40. The van der Waals surface area contributed by atoms with Gasteiger partial charge in [0.15, 0.2) is 0 Å². The SMILES string of the molecule is CCC(C)(CC)CCC(=O)CC([C-]=O)N(C)PP.CCC(C)CCC(=O)CC([C-]=O)N(C)PP.CCC(CC)(CC)CCC(=O)CC([C-]=O)N(C)PP.CCC(CC)CCC(=O)CC([C-]=O)N(C)PP.P.P.P.P.[Y].[Y].[Y].[Y]. The minimum atomic E-state index is -0.386. The number of likely N-dealkylation sites (N-methyl/N-ethyl adjacent to an activating group) is 4. The van der Waals surface area contributed by atoms with Gasteiger partial charge in [-0.25, -0.2) is 25.1 Å². The van der Waals surface area contributed by atoms with Crippen LogP contribution >= 0.6 is 109 Å². The topological polar surface area (TPSA) is 150 Å². The average Bonchev–Trinajstić information content (AvgIpc) is 3.39. The normalized spacial score (nSPS) is 13.0. The first-order valence-electron chi connectivity index (χ1n) is 25.4. The molecule has 0 aromatic heterocycles. The Morgan fingerprint density at radius 1 is 0.436 bits per heavy atom. The fourth-order valence-corrected chi connectivity index (χ4v) is 10.5. The van der Waals surface area contributed by atoms with E-state index in [1.54, 1.807) is 0 Å². The fourth-order valence-electron chi connectivity index (χ4n) is 7.06. The molecule has 78 heavy (non-hydrogen) atoms. The molecule has 456 valence electrons. The van der Waals surface area contributed by atoms with Crippen LogP contribution in [0.5, 0.6) is 0 Å². The summed E-state index contributed by atoms with van der Waals surface area (Å²) in [7, 11) is 19.5. The van der Waals surface area contributed by atoms with Gasteiger partial charge < -0.3 is 37.9 Å². The van der Waals surface area contributed by atoms with Gasteiger partial charge in [0.05, 0.1) is 0 Å². The van der Waals surface area contributed by atoms with Crippen LogP contribution in [-0.2, 0) is 169 Å². The number of hydrogen-bond acceptors (Lipinski definition) is 12. The number of carbonyl (C=O) groups excluding carboxylic acids is 8. The summed E-state index contributed by atoms with van der Waals surface area (Å²) in [4.78, 5) is 90.5.